The van der Waals surface area contributed by atoms with Crippen molar-refractivity contribution in [2.45, 2.75) is 11.9 Å². The largest absolute Gasteiger partial charge is 0.416 e. The van der Waals surface area contributed by atoms with Crippen LogP contribution in [0.2, 0.25) is 0 Å². The number of aromatic nitrogens is 1. The van der Waals surface area contributed by atoms with Crippen LogP contribution >= 0.6 is 34.7 Å². The molecule has 23 heavy (non-hydrogen) atoms. The van der Waals surface area contributed by atoms with Crippen LogP contribution in [0, 0.1) is 0 Å². The van der Waals surface area contributed by atoms with E-state index in [-0.39, 0.29) is 5.88 Å². The molecule has 1 atom stereocenters. The van der Waals surface area contributed by atoms with Gasteiger partial charge in [-0.1, -0.05) is 23.9 Å². The summed E-state index contributed by atoms with van der Waals surface area (Å²) in [6.45, 7) is 0. The van der Waals surface area contributed by atoms with Crippen LogP contribution in [0.25, 0.3) is 10.6 Å². The van der Waals surface area contributed by atoms with E-state index in [1.807, 2.05) is 0 Å². The van der Waals surface area contributed by atoms with Crippen LogP contribution in [0.4, 0.5) is 13.2 Å². The number of benzene rings is 1. The molecule has 3 nitrogen and oxygen atoms in total. The Hall–Kier alpha value is -1.09. The van der Waals surface area contributed by atoms with E-state index < -0.39 is 17.5 Å². The Morgan fingerprint density at radius 3 is 2.52 bits per heavy atom. The third-order valence-electron chi connectivity index (χ3n) is 3.15. The molecule has 0 aliphatic carbocycles. The fraction of sp³-hybridized carbons (Fsp3) is 0.286. The summed E-state index contributed by atoms with van der Waals surface area (Å²) in [5, 5.41) is 12.9. The van der Waals surface area contributed by atoms with E-state index in [0.29, 0.717) is 27.1 Å². The smallest absolute Gasteiger partial charge is 0.367 e. The summed E-state index contributed by atoms with van der Waals surface area (Å²) in [4.78, 5) is 8.55. The summed E-state index contributed by atoms with van der Waals surface area (Å²) in [6.07, 6.45) is -4.35. The number of thioether (sulfide) groups is 1. The number of rotatable bonds is 3. The maximum atomic E-state index is 12.6. The van der Waals surface area contributed by atoms with Gasteiger partial charge in [-0.25, -0.2) is 9.98 Å². The van der Waals surface area contributed by atoms with Crippen molar-refractivity contribution in [3.8, 4) is 10.6 Å². The SMILES string of the molecule is OC1(CCl)CSC(c2csc(-c3ccc(C(F)(F)F)cc3)n2)=N1. The van der Waals surface area contributed by atoms with Gasteiger partial charge in [0.1, 0.15) is 15.7 Å². The summed E-state index contributed by atoms with van der Waals surface area (Å²) >= 11 is 8.34. The number of hydrogen-bond donors (Lipinski definition) is 1. The third-order valence-corrected chi connectivity index (χ3v) is 5.65. The highest BCUT2D eigenvalue weighted by Gasteiger charge is 2.33. The third kappa shape index (κ3) is 3.55. The lowest BCUT2D eigenvalue weighted by molar-refractivity contribution is -0.137. The van der Waals surface area contributed by atoms with Crippen LogP contribution < -0.4 is 0 Å². The van der Waals surface area contributed by atoms with Crippen molar-refractivity contribution < 1.29 is 18.3 Å². The zero-order chi connectivity index (χ0) is 16.7. The second-order valence-corrected chi connectivity index (χ2v) is 7.02. The topological polar surface area (TPSA) is 45.5 Å². The summed E-state index contributed by atoms with van der Waals surface area (Å²) < 4.78 is 37.7. The first-order chi connectivity index (χ1) is 10.8. The zero-order valence-corrected chi connectivity index (χ0v) is 13.9. The van der Waals surface area contributed by atoms with Gasteiger partial charge in [-0.15, -0.1) is 22.9 Å². The van der Waals surface area contributed by atoms with Gasteiger partial charge in [0.25, 0.3) is 0 Å². The molecular formula is C14H10ClF3N2OS2. The Morgan fingerprint density at radius 2 is 1.96 bits per heavy atom. The number of nitrogens with zero attached hydrogens (tertiary/aromatic N) is 2. The van der Waals surface area contributed by atoms with E-state index >= 15 is 0 Å². The molecule has 9 heteroatoms. The minimum absolute atomic E-state index is 0.000597. The number of alkyl halides is 4. The maximum absolute atomic E-state index is 12.6. The molecule has 0 amide bonds. The van der Waals surface area contributed by atoms with Crippen LogP contribution in [0.3, 0.4) is 0 Å². The molecule has 0 bridgehead atoms. The number of aliphatic imine (C=N–C) groups is 1. The lowest BCUT2D eigenvalue weighted by Gasteiger charge is -2.12. The molecule has 0 saturated heterocycles. The van der Waals surface area contributed by atoms with Gasteiger partial charge in [0.15, 0.2) is 5.72 Å². The van der Waals surface area contributed by atoms with Crippen molar-refractivity contribution >= 4 is 39.7 Å². The Labute approximate surface area is 143 Å². The Kier molecular flexibility index (Phi) is 4.43. The van der Waals surface area contributed by atoms with Gasteiger partial charge in [-0.2, -0.15) is 13.2 Å². The van der Waals surface area contributed by atoms with Crippen LogP contribution in [-0.4, -0.2) is 32.5 Å². The molecule has 0 spiro atoms. The molecule has 2 aromatic rings. The first-order valence-electron chi connectivity index (χ1n) is 6.45. The summed E-state index contributed by atoms with van der Waals surface area (Å²) in [5.74, 6) is 0.359. The average Bonchev–Trinajstić information content (AvgIpc) is 3.14. The second kappa shape index (κ2) is 6.08. The van der Waals surface area contributed by atoms with Crippen molar-refractivity contribution in [3.05, 3.63) is 40.9 Å². The molecule has 1 aromatic heterocycles. The van der Waals surface area contributed by atoms with Crippen LogP contribution in [0.1, 0.15) is 11.3 Å². The van der Waals surface area contributed by atoms with Crippen molar-refractivity contribution in [1.82, 2.24) is 4.98 Å². The molecule has 0 radical (unpaired) electrons. The van der Waals surface area contributed by atoms with Gasteiger partial charge in [-0.05, 0) is 12.1 Å². The van der Waals surface area contributed by atoms with E-state index in [9.17, 15) is 18.3 Å². The van der Waals surface area contributed by atoms with Gasteiger partial charge in [0.05, 0.1) is 17.2 Å². The van der Waals surface area contributed by atoms with Gasteiger partial charge in [-0.3, -0.25) is 0 Å². The van der Waals surface area contributed by atoms with Gasteiger partial charge in [0.2, 0.25) is 0 Å². The van der Waals surface area contributed by atoms with Crippen LogP contribution in [-0.2, 0) is 6.18 Å². The van der Waals surface area contributed by atoms with Crippen molar-refractivity contribution in [1.29, 1.82) is 0 Å². The molecule has 1 unspecified atom stereocenters. The minimum Gasteiger partial charge on any atom is -0.367 e. The first-order valence-corrected chi connectivity index (χ1v) is 8.85. The Bertz CT molecular complexity index is 745. The van der Waals surface area contributed by atoms with Gasteiger partial charge >= 0.3 is 6.18 Å². The summed E-state index contributed by atoms with van der Waals surface area (Å²) in [5.41, 5.74) is -0.776. The van der Waals surface area contributed by atoms with E-state index in [1.165, 1.54) is 35.2 Å². The van der Waals surface area contributed by atoms with E-state index in [2.05, 4.69) is 9.98 Å². The Balaban J connectivity index is 1.84. The predicted octanol–water partition coefficient (Wildman–Crippen LogP) is 4.25. The lowest BCUT2D eigenvalue weighted by atomic mass is 10.1. The molecule has 2 heterocycles. The molecule has 1 aliphatic heterocycles. The summed E-state index contributed by atoms with van der Waals surface area (Å²) in [6, 6.07) is 4.85. The molecular weight excluding hydrogens is 369 g/mol. The fourth-order valence-electron chi connectivity index (χ4n) is 1.94. The highest BCUT2D eigenvalue weighted by Crippen LogP contribution is 2.34. The zero-order valence-electron chi connectivity index (χ0n) is 11.5. The van der Waals surface area contributed by atoms with Crippen LogP contribution in [0.15, 0.2) is 34.6 Å². The number of halogens is 4. The lowest BCUT2D eigenvalue weighted by Crippen LogP contribution is -2.28. The highest BCUT2D eigenvalue weighted by atomic mass is 35.5. The molecule has 0 fully saturated rings. The predicted molar refractivity (Wildman–Crippen MR) is 87.2 cm³/mol. The summed E-state index contributed by atoms with van der Waals surface area (Å²) in [7, 11) is 0. The number of aliphatic hydroxyl groups is 1. The van der Waals surface area contributed by atoms with E-state index in [4.69, 9.17) is 11.6 Å². The maximum Gasteiger partial charge on any atom is 0.416 e. The molecule has 0 saturated carbocycles. The van der Waals surface area contributed by atoms with Crippen molar-refractivity contribution in [3.63, 3.8) is 0 Å². The normalized spacial score (nSPS) is 21.5. The van der Waals surface area contributed by atoms with Crippen LogP contribution in [0.5, 0.6) is 0 Å². The van der Waals surface area contributed by atoms with Crippen molar-refractivity contribution in [2.75, 3.05) is 11.6 Å². The molecule has 1 aliphatic rings. The van der Waals surface area contributed by atoms with Gasteiger partial charge in [0, 0.05) is 10.9 Å². The monoisotopic (exact) mass is 378 g/mol. The van der Waals surface area contributed by atoms with Gasteiger partial charge < -0.3 is 5.11 Å². The molecule has 1 aromatic carbocycles. The second-order valence-electron chi connectivity index (χ2n) is 4.93. The first kappa shape index (κ1) is 16.8. The molecule has 1 N–H and O–H groups in total. The Morgan fingerprint density at radius 1 is 1.26 bits per heavy atom. The molecule has 3 rings (SSSR count). The molecule has 122 valence electrons. The van der Waals surface area contributed by atoms with E-state index in [0.717, 1.165) is 12.1 Å². The number of hydrogen-bond acceptors (Lipinski definition) is 5. The number of thiazole rings is 1. The highest BCUT2D eigenvalue weighted by molar-refractivity contribution is 8.14. The average molecular weight is 379 g/mol. The minimum atomic E-state index is -4.35. The quantitative estimate of drug-likeness (QED) is 0.812. The van der Waals surface area contributed by atoms with Crippen molar-refractivity contribution in [2.24, 2.45) is 4.99 Å². The standard InChI is InChI=1S/C14H10ClF3N2OS2/c15-6-13(21)7-23-12(20-13)10-5-22-11(19-10)8-1-3-9(4-2-8)14(16,17)18/h1-5,21H,6-7H2. The van der Waals surface area contributed by atoms with E-state index in [1.54, 1.807) is 5.38 Å². The fourth-order valence-corrected chi connectivity index (χ4v) is 4.12.